The van der Waals surface area contributed by atoms with Gasteiger partial charge >= 0.3 is 5.97 Å². The van der Waals surface area contributed by atoms with E-state index in [1.165, 1.54) is 0 Å². The van der Waals surface area contributed by atoms with E-state index >= 15 is 4.39 Å². The number of benzene rings is 2. The number of nitrogens with zero attached hydrogens (tertiary/aromatic N) is 2. The zero-order chi connectivity index (χ0) is 23.8. The van der Waals surface area contributed by atoms with Crippen molar-refractivity contribution in [1.82, 2.24) is 4.98 Å². The van der Waals surface area contributed by atoms with Crippen LogP contribution in [0.1, 0.15) is 62.9 Å². The third-order valence-corrected chi connectivity index (χ3v) is 7.47. The summed E-state index contributed by atoms with van der Waals surface area (Å²) in [6, 6.07) is 12.0. The number of fused-ring (bicyclic) bond motifs is 1. The normalized spacial score (nSPS) is 17.5. The number of halogens is 1. The van der Waals surface area contributed by atoms with Crippen molar-refractivity contribution >= 4 is 44.6 Å². The fourth-order valence-electron chi connectivity index (χ4n) is 4.91. The highest BCUT2D eigenvalue weighted by Crippen LogP contribution is 2.40. The van der Waals surface area contributed by atoms with Gasteiger partial charge in [-0.05, 0) is 81.8 Å². The van der Waals surface area contributed by atoms with Gasteiger partial charge in [-0.25, -0.2) is 9.37 Å². The summed E-state index contributed by atoms with van der Waals surface area (Å²) in [4.78, 5) is 18.1. The van der Waals surface area contributed by atoms with E-state index < -0.39 is 11.6 Å². The average Bonchev–Trinajstić information content (AvgIpc) is 3.37. The Hall–Kier alpha value is -2.67. The third-order valence-electron chi connectivity index (χ3n) is 6.53. The maximum atomic E-state index is 15.0. The Balaban J connectivity index is 1.75. The van der Waals surface area contributed by atoms with E-state index in [-0.39, 0.29) is 18.4 Å². The minimum absolute atomic E-state index is 0.0734. The number of aryl methyl sites for hydroxylation is 1. The number of thiazole rings is 1. The molecule has 1 aliphatic heterocycles. The van der Waals surface area contributed by atoms with Crippen LogP contribution >= 0.6 is 11.3 Å². The van der Waals surface area contributed by atoms with Crippen LogP contribution in [-0.4, -0.2) is 34.3 Å². The highest BCUT2D eigenvalue weighted by atomic mass is 32.1. The molecule has 1 fully saturated rings. The standard InChI is InChI=1S/C26H32FN3O2S/c1-5-17(14-25(31)32)18-8-11-22(30-12-6-7-24(30)26(3,4)27)21(13-18)29-19-9-10-20-23(15-19)33-16(2)28-20/h8-11,13,15,17,24,29H,5-7,12,14H2,1-4H3,(H,31,32). The van der Waals surface area contributed by atoms with Crippen molar-refractivity contribution in [2.45, 2.75) is 71.0 Å². The van der Waals surface area contributed by atoms with E-state index in [0.29, 0.717) is 0 Å². The smallest absolute Gasteiger partial charge is 0.303 e. The average molecular weight is 470 g/mol. The minimum Gasteiger partial charge on any atom is -0.481 e. The van der Waals surface area contributed by atoms with Crippen LogP contribution in [0.4, 0.5) is 21.5 Å². The van der Waals surface area contributed by atoms with Gasteiger partial charge < -0.3 is 15.3 Å². The van der Waals surface area contributed by atoms with Crippen LogP contribution in [0.15, 0.2) is 36.4 Å². The van der Waals surface area contributed by atoms with E-state index in [4.69, 9.17) is 0 Å². The second kappa shape index (κ2) is 9.29. The first-order valence-corrected chi connectivity index (χ1v) is 12.4. The lowest BCUT2D eigenvalue weighted by Gasteiger charge is -2.35. The Bertz CT molecular complexity index is 1150. The van der Waals surface area contributed by atoms with Crippen LogP contribution in [0.5, 0.6) is 0 Å². The molecule has 0 bridgehead atoms. The van der Waals surface area contributed by atoms with Gasteiger partial charge in [0.1, 0.15) is 5.67 Å². The number of alkyl halides is 1. The first-order chi connectivity index (χ1) is 15.7. The van der Waals surface area contributed by atoms with Gasteiger partial charge in [0.15, 0.2) is 0 Å². The maximum absolute atomic E-state index is 15.0. The largest absolute Gasteiger partial charge is 0.481 e. The van der Waals surface area contributed by atoms with E-state index in [1.807, 2.05) is 38.1 Å². The molecule has 0 aliphatic carbocycles. The van der Waals surface area contributed by atoms with Gasteiger partial charge in [-0.3, -0.25) is 4.79 Å². The van der Waals surface area contributed by atoms with Crippen molar-refractivity contribution in [3.8, 4) is 0 Å². The number of nitrogens with one attached hydrogen (secondary N) is 1. The van der Waals surface area contributed by atoms with Gasteiger partial charge in [0.05, 0.1) is 39.1 Å². The Morgan fingerprint density at radius 1 is 1.33 bits per heavy atom. The van der Waals surface area contributed by atoms with Crippen molar-refractivity contribution in [2.24, 2.45) is 0 Å². The number of aromatic nitrogens is 1. The van der Waals surface area contributed by atoms with Crippen molar-refractivity contribution in [3.05, 3.63) is 47.0 Å². The van der Waals surface area contributed by atoms with Gasteiger partial charge in [0.25, 0.3) is 0 Å². The molecular weight excluding hydrogens is 437 g/mol. The molecular formula is C26H32FN3O2S. The molecule has 2 unspecified atom stereocenters. The van der Waals surface area contributed by atoms with E-state index in [0.717, 1.165) is 63.7 Å². The predicted molar refractivity (Wildman–Crippen MR) is 135 cm³/mol. The maximum Gasteiger partial charge on any atom is 0.303 e. The molecule has 0 saturated carbocycles. The van der Waals surface area contributed by atoms with E-state index in [1.54, 1.807) is 25.2 Å². The number of rotatable bonds is 8. The molecule has 0 radical (unpaired) electrons. The van der Waals surface area contributed by atoms with Gasteiger partial charge in [-0.15, -0.1) is 11.3 Å². The van der Waals surface area contributed by atoms with E-state index in [9.17, 15) is 9.90 Å². The van der Waals surface area contributed by atoms with Gasteiger partial charge in [-0.1, -0.05) is 13.0 Å². The summed E-state index contributed by atoms with van der Waals surface area (Å²) in [5.74, 6) is -0.874. The fraction of sp³-hybridized carbons (Fsp3) is 0.462. The lowest BCUT2D eigenvalue weighted by molar-refractivity contribution is -0.137. The first kappa shape index (κ1) is 23.5. The molecule has 2 aromatic carbocycles. The fourth-order valence-corrected chi connectivity index (χ4v) is 5.78. The third kappa shape index (κ3) is 5.13. The predicted octanol–water partition coefficient (Wildman–Crippen LogP) is 7.03. The SMILES string of the molecule is CCC(CC(=O)O)c1ccc(N2CCCC2C(C)(C)F)c(Nc2ccc3nc(C)sc3c2)c1. The topological polar surface area (TPSA) is 65.5 Å². The summed E-state index contributed by atoms with van der Waals surface area (Å²) in [7, 11) is 0. The molecule has 0 amide bonds. The lowest BCUT2D eigenvalue weighted by Crippen LogP contribution is -2.43. The number of carboxylic acids is 1. The summed E-state index contributed by atoms with van der Waals surface area (Å²) in [6.07, 6.45) is 2.58. The van der Waals surface area contributed by atoms with Crippen LogP contribution in [0, 0.1) is 6.92 Å². The Morgan fingerprint density at radius 3 is 2.82 bits per heavy atom. The highest BCUT2D eigenvalue weighted by Gasteiger charge is 2.38. The monoisotopic (exact) mass is 469 g/mol. The first-order valence-electron chi connectivity index (χ1n) is 11.6. The van der Waals surface area contributed by atoms with Crippen molar-refractivity contribution < 1.29 is 14.3 Å². The number of hydrogen-bond acceptors (Lipinski definition) is 5. The number of carbonyl (C=O) groups is 1. The number of carboxylic acid groups (broad SMARTS) is 1. The molecule has 1 saturated heterocycles. The van der Waals surface area contributed by atoms with Crippen molar-refractivity contribution in [2.75, 3.05) is 16.8 Å². The molecule has 1 aliphatic rings. The number of hydrogen-bond donors (Lipinski definition) is 2. The molecule has 7 heteroatoms. The summed E-state index contributed by atoms with van der Waals surface area (Å²) >= 11 is 1.65. The van der Waals surface area contributed by atoms with Crippen LogP contribution in [0.25, 0.3) is 10.2 Å². The van der Waals surface area contributed by atoms with Crippen LogP contribution in [0.2, 0.25) is 0 Å². The Labute approximate surface area is 198 Å². The molecule has 5 nitrogen and oxygen atoms in total. The number of anilines is 3. The molecule has 0 spiro atoms. The number of aliphatic carboxylic acids is 1. The molecule has 4 rings (SSSR count). The van der Waals surface area contributed by atoms with Crippen LogP contribution in [0.3, 0.4) is 0 Å². The molecule has 3 aromatic rings. The zero-order valence-electron chi connectivity index (χ0n) is 19.7. The minimum atomic E-state index is -1.32. The second-order valence-electron chi connectivity index (χ2n) is 9.44. The van der Waals surface area contributed by atoms with Gasteiger partial charge in [0.2, 0.25) is 0 Å². The lowest BCUT2D eigenvalue weighted by atomic mass is 9.92. The van der Waals surface area contributed by atoms with Crippen LogP contribution in [-0.2, 0) is 4.79 Å². The van der Waals surface area contributed by atoms with Gasteiger partial charge in [-0.2, -0.15) is 0 Å². The molecule has 1 aromatic heterocycles. The van der Waals surface area contributed by atoms with Crippen molar-refractivity contribution in [3.63, 3.8) is 0 Å². The molecule has 2 atom stereocenters. The summed E-state index contributed by atoms with van der Waals surface area (Å²) in [5, 5.41) is 13.9. The van der Waals surface area contributed by atoms with E-state index in [2.05, 4.69) is 27.3 Å². The Kier molecular flexibility index (Phi) is 6.61. The quantitative estimate of drug-likeness (QED) is 0.371. The van der Waals surface area contributed by atoms with Gasteiger partial charge in [0, 0.05) is 12.2 Å². The van der Waals surface area contributed by atoms with Crippen LogP contribution < -0.4 is 10.2 Å². The molecule has 2 N–H and O–H groups in total. The highest BCUT2D eigenvalue weighted by molar-refractivity contribution is 7.18. The molecule has 176 valence electrons. The summed E-state index contributed by atoms with van der Waals surface area (Å²) < 4.78 is 16.1. The summed E-state index contributed by atoms with van der Waals surface area (Å²) in [6.45, 7) is 8.11. The molecule has 2 heterocycles. The zero-order valence-corrected chi connectivity index (χ0v) is 20.5. The van der Waals surface area contributed by atoms with Crippen molar-refractivity contribution in [1.29, 1.82) is 0 Å². The second-order valence-corrected chi connectivity index (χ2v) is 10.7. The molecule has 33 heavy (non-hydrogen) atoms. The Morgan fingerprint density at radius 2 is 2.12 bits per heavy atom. The summed E-state index contributed by atoms with van der Waals surface area (Å²) in [5.41, 5.74) is 3.41.